The van der Waals surface area contributed by atoms with Crippen molar-refractivity contribution in [1.82, 2.24) is 0 Å². The number of fused-ring (bicyclic) bond motifs is 1. The molecule has 3 rings (SSSR count). The molecule has 2 atom stereocenters. The fourth-order valence-corrected chi connectivity index (χ4v) is 2.71. The van der Waals surface area contributed by atoms with E-state index >= 15 is 0 Å². The lowest BCUT2D eigenvalue weighted by Crippen LogP contribution is -2.25. The Morgan fingerprint density at radius 1 is 1.33 bits per heavy atom. The SMILES string of the molecule is CC1CCOC1C(=O)c1ccc2c(c1)CCCO2. The monoisotopic (exact) mass is 246 g/mol. The van der Waals surface area contributed by atoms with Crippen LogP contribution in [-0.2, 0) is 11.2 Å². The van der Waals surface area contributed by atoms with Gasteiger partial charge in [0.25, 0.3) is 0 Å². The normalized spacial score (nSPS) is 26.5. The van der Waals surface area contributed by atoms with Gasteiger partial charge in [0, 0.05) is 12.2 Å². The third-order valence-corrected chi connectivity index (χ3v) is 3.84. The molecule has 0 bridgehead atoms. The molecule has 1 fully saturated rings. The molecule has 0 spiro atoms. The molecule has 2 aliphatic heterocycles. The van der Waals surface area contributed by atoms with Crippen LogP contribution in [-0.4, -0.2) is 25.1 Å². The molecule has 96 valence electrons. The second kappa shape index (κ2) is 4.73. The number of ether oxygens (including phenoxy) is 2. The van der Waals surface area contributed by atoms with E-state index in [2.05, 4.69) is 6.92 Å². The first-order valence-electron chi connectivity index (χ1n) is 6.67. The first kappa shape index (κ1) is 11.7. The highest BCUT2D eigenvalue weighted by atomic mass is 16.5. The summed E-state index contributed by atoms with van der Waals surface area (Å²) < 4.78 is 11.1. The van der Waals surface area contributed by atoms with Crippen LogP contribution in [0.1, 0.15) is 35.7 Å². The van der Waals surface area contributed by atoms with Gasteiger partial charge in [0.1, 0.15) is 11.9 Å². The van der Waals surface area contributed by atoms with Gasteiger partial charge in [-0.15, -0.1) is 0 Å². The predicted molar refractivity (Wildman–Crippen MR) is 68.1 cm³/mol. The summed E-state index contributed by atoms with van der Waals surface area (Å²) in [6.07, 6.45) is 2.75. The van der Waals surface area contributed by atoms with Gasteiger partial charge in [-0.25, -0.2) is 0 Å². The number of carbonyl (C=O) groups excluding carboxylic acids is 1. The third-order valence-electron chi connectivity index (χ3n) is 3.84. The summed E-state index contributed by atoms with van der Waals surface area (Å²) in [6, 6.07) is 5.76. The summed E-state index contributed by atoms with van der Waals surface area (Å²) in [6.45, 7) is 3.56. The average Bonchev–Trinajstić information content (AvgIpc) is 2.83. The Kier molecular flexibility index (Phi) is 3.08. The zero-order valence-electron chi connectivity index (χ0n) is 10.6. The van der Waals surface area contributed by atoms with Gasteiger partial charge in [-0.1, -0.05) is 6.92 Å². The van der Waals surface area contributed by atoms with E-state index in [0.717, 1.165) is 42.7 Å². The summed E-state index contributed by atoms with van der Waals surface area (Å²) >= 11 is 0. The molecule has 1 aromatic rings. The van der Waals surface area contributed by atoms with Crippen LogP contribution in [0.3, 0.4) is 0 Å². The zero-order valence-corrected chi connectivity index (χ0v) is 10.6. The van der Waals surface area contributed by atoms with Crippen LogP contribution in [0.5, 0.6) is 5.75 Å². The summed E-state index contributed by atoms with van der Waals surface area (Å²) in [5.74, 6) is 1.37. The van der Waals surface area contributed by atoms with E-state index in [4.69, 9.17) is 9.47 Å². The predicted octanol–water partition coefficient (Wildman–Crippen LogP) is 2.62. The van der Waals surface area contributed by atoms with E-state index in [9.17, 15) is 4.79 Å². The Balaban J connectivity index is 1.85. The second-order valence-electron chi connectivity index (χ2n) is 5.20. The van der Waals surface area contributed by atoms with Gasteiger partial charge in [0.15, 0.2) is 5.78 Å². The number of Topliss-reactive ketones (excluding diaryl/α,β-unsaturated/α-hetero) is 1. The van der Waals surface area contributed by atoms with E-state index in [0.29, 0.717) is 12.5 Å². The molecule has 2 heterocycles. The van der Waals surface area contributed by atoms with Crippen molar-refractivity contribution in [2.24, 2.45) is 5.92 Å². The standard InChI is InChI=1S/C15H18O3/c1-10-6-8-18-15(10)14(16)12-4-5-13-11(9-12)3-2-7-17-13/h4-5,9-10,15H,2-3,6-8H2,1H3. The fraction of sp³-hybridized carbons (Fsp3) is 0.533. The topological polar surface area (TPSA) is 35.5 Å². The quantitative estimate of drug-likeness (QED) is 0.752. The molecular formula is C15H18O3. The average molecular weight is 246 g/mol. The summed E-state index contributed by atoms with van der Waals surface area (Å²) in [5.41, 5.74) is 1.91. The van der Waals surface area contributed by atoms with Gasteiger partial charge >= 0.3 is 0 Å². The van der Waals surface area contributed by atoms with Gasteiger partial charge in [0.05, 0.1) is 6.61 Å². The molecule has 0 N–H and O–H groups in total. The Morgan fingerprint density at radius 3 is 3.00 bits per heavy atom. The first-order valence-corrected chi connectivity index (χ1v) is 6.67. The van der Waals surface area contributed by atoms with Crippen molar-refractivity contribution in [3.8, 4) is 5.75 Å². The van der Waals surface area contributed by atoms with Crippen molar-refractivity contribution >= 4 is 5.78 Å². The molecule has 3 heteroatoms. The van der Waals surface area contributed by atoms with Crippen LogP contribution in [0.4, 0.5) is 0 Å². The zero-order chi connectivity index (χ0) is 12.5. The number of hydrogen-bond donors (Lipinski definition) is 0. The van der Waals surface area contributed by atoms with Crippen molar-refractivity contribution in [2.45, 2.75) is 32.3 Å². The Morgan fingerprint density at radius 2 is 2.22 bits per heavy atom. The highest BCUT2D eigenvalue weighted by molar-refractivity contribution is 6.00. The summed E-state index contributed by atoms with van der Waals surface area (Å²) in [4.78, 5) is 12.4. The van der Waals surface area contributed by atoms with Crippen LogP contribution < -0.4 is 4.74 Å². The molecular weight excluding hydrogens is 228 g/mol. The number of benzene rings is 1. The smallest absolute Gasteiger partial charge is 0.191 e. The molecule has 2 aliphatic rings. The minimum Gasteiger partial charge on any atom is -0.493 e. The van der Waals surface area contributed by atoms with Crippen molar-refractivity contribution < 1.29 is 14.3 Å². The highest BCUT2D eigenvalue weighted by Crippen LogP contribution is 2.28. The highest BCUT2D eigenvalue weighted by Gasteiger charge is 2.31. The van der Waals surface area contributed by atoms with Crippen LogP contribution in [0.25, 0.3) is 0 Å². The number of ketones is 1. The van der Waals surface area contributed by atoms with Crippen molar-refractivity contribution in [1.29, 1.82) is 0 Å². The van der Waals surface area contributed by atoms with Gasteiger partial charge in [-0.3, -0.25) is 4.79 Å². The van der Waals surface area contributed by atoms with Crippen molar-refractivity contribution in [3.05, 3.63) is 29.3 Å². The number of rotatable bonds is 2. The van der Waals surface area contributed by atoms with Crippen LogP contribution in [0, 0.1) is 5.92 Å². The van der Waals surface area contributed by atoms with E-state index in [1.165, 1.54) is 0 Å². The maximum absolute atomic E-state index is 12.4. The Bertz CT molecular complexity index is 467. The Hall–Kier alpha value is -1.35. The van der Waals surface area contributed by atoms with Gasteiger partial charge in [-0.2, -0.15) is 0 Å². The van der Waals surface area contributed by atoms with Crippen LogP contribution >= 0.6 is 0 Å². The lowest BCUT2D eigenvalue weighted by atomic mass is 9.94. The summed E-state index contributed by atoms with van der Waals surface area (Å²) in [7, 11) is 0. The maximum Gasteiger partial charge on any atom is 0.191 e. The Labute approximate surface area is 107 Å². The van der Waals surface area contributed by atoms with Crippen molar-refractivity contribution in [2.75, 3.05) is 13.2 Å². The first-order chi connectivity index (χ1) is 8.75. The van der Waals surface area contributed by atoms with E-state index in [1.807, 2.05) is 18.2 Å². The van der Waals surface area contributed by atoms with Crippen LogP contribution in [0.15, 0.2) is 18.2 Å². The number of hydrogen-bond acceptors (Lipinski definition) is 3. The summed E-state index contributed by atoms with van der Waals surface area (Å²) in [5, 5.41) is 0. The third kappa shape index (κ3) is 2.03. The largest absolute Gasteiger partial charge is 0.493 e. The van der Waals surface area contributed by atoms with Crippen LogP contribution in [0.2, 0.25) is 0 Å². The number of carbonyl (C=O) groups is 1. The lowest BCUT2D eigenvalue weighted by molar-refractivity contribution is 0.0579. The molecule has 0 aliphatic carbocycles. The molecule has 18 heavy (non-hydrogen) atoms. The molecule has 2 unspecified atom stereocenters. The van der Waals surface area contributed by atoms with Gasteiger partial charge < -0.3 is 9.47 Å². The van der Waals surface area contributed by atoms with E-state index in [1.54, 1.807) is 0 Å². The molecule has 0 radical (unpaired) electrons. The molecule has 1 aromatic carbocycles. The number of aryl methyl sites for hydroxylation is 1. The molecule has 0 aromatic heterocycles. The fourth-order valence-electron chi connectivity index (χ4n) is 2.71. The maximum atomic E-state index is 12.4. The van der Waals surface area contributed by atoms with Gasteiger partial charge in [-0.05, 0) is 48.9 Å². The van der Waals surface area contributed by atoms with E-state index < -0.39 is 0 Å². The second-order valence-corrected chi connectivity index (χ2v) is 5.20. The van der Waals surface area contributed by atoms with Crippen molar-refractivity contribution in [3.63, 3.8) is 0 Å². The van der Waals surface area contributed by atoms with E-state index in [-0.39, 0.29) is 11.9 Å². The minimum absolute atomic E-state index is 0.119. The van der Waals surface area contributed by atoms with Gasteiger partial charge in [0.2, 0.25) is 0 Å². The molecule has 1 saturated heterocycles. The lowest BCUT2D eigenvalue weighted by Gasteiger charge is -2.19. The molecule has 3 nitrogen and oxygen atoms in total. The molecule has 0 amide bonds. The minimum atomic E-state index is -0.257. The molecule has 0 saturated carbocycles.